The third-order valence-corrected chi connectivity index (χ3v) is 2.38. The Balaban J connectivity index is 3.20. The zero-order chi connectivity index (χ0) is 12.3. The minimum atomic E-state index is -2.84. The number of aryl methyl sites for hydroxylation is 2. The average Bonchev–Trinajstić information content (AvgIpc) is 2.19. The van der Waals surface area contributed by atoms with Crippen molar-refractivity contribution in [3.05, 3.63) is 28.8 Å². The molecule has 2 nitrogen and oxygen atoms in total. The van der Waals surface area contributed by atoms with Crippen molar-refractivity contribution in [3.63, 3.8) is 0 Å². The van der Waals surface area contributed by atoms with Crippen molar-refractivity contribution in [1.82, 2.24) is 0 Å². The fraction of sp³-hybridized carbons (Fsp3) is 0.417. The van der Waals surface area contributed by atoms with Gasteiger partial charge in [0.05, 0.1) is 0 Å². The lowest BCUT2D eigenvalue weighted by molar-refractivity contribution is -0.0503. The van der Waals surface area contributed by atoms with E-state index in [1.165, 1.54) is 13.0 Å². The summed E-state index contributed by atoms with van der Waals surface area (Å²) in [5.41, 5.74) is 1.85. The molecule has 0 aliphatic heterocycles. The van der Waals surface area contributed by atoms with Crippen LogP contribution < -0.4 is 4.74 Å². The highest BCUT2D eigenvalue weighted by Gasteiger charge is 2.13. The van der Waals surface area contributed by atoms with Crippen LogP contribution >= 0.6 is 0 Å². The second kappa shape index (κ2) is 5.05. The number of ether oxygens (including phenoxy) is 1. The molecule has 0 spiro atoms. The molecule has 0 radical (unpaired) electrons. The molecule has 0 amide bonds. The number of rotatable bonds is 4. The zero-order valence-corrected chi connectivity index (χ0v) is 9.51. The zero-order valence-electron chi connectivity index (χ0n) is 9.51. The molecule has 0 aromatic heterocycles. The fourth-order valence-corrected chi connectivity index (χ4v) is 1.57. The molecule has 1 aromatic rings. The summed E-state index contributed by atoms with van der Waals surface area (Å²) in [5.74, 6) is 0.0698. The first-order chi connectivity index (χ1) is 7.45. The first-order valence-corrected chi connectivity index (χ1v) is 5.05. The van der Waals surface area contributed by atoms with E-state index in [1.807, 2.05) is 6.92 Å². The van der Waals surface area contributed by atoms with E-state index in [4.69, 9.17) is 0 Å². The summed E-state index contributed by atoms with van der Waals surface area (Å²) < 4.78 is 28.6. The second-order valence-electron chi connectivity index (χ2n) is 3.56. The lowest BCUT2D eigenvalue weighted by Gasteiger charge is -2.12. The molecule has 1 rings (SSSR count). The molecule has 0 bridgehead atoms. The Labute approximate surface area is 93.2 Å². The highest BCUT2D eigenvalue weighted by Crippen LogP contribution is 2.25. The molecular weight excluding hydrogens is 214 g/mol. The van der Waals surface area contributed by atoms with Crippen LogP contribution in [0.1, 0.15) is 35.3 Å². The van der Waals surface area contributed by atoms with Gasteiger partial charge in [-0.2, -0.15) is 8.78 Å². The molecule has 0 saturated heterocycles. The quantitative estimate of drug-likeness (QED) is 0.738. The molecule has 0 N–H and O–H groups in total. The summed E-state index contributed by atoms with van der Waals surface area (Å²) >= 11 is 0. The second-order valence-corrected chi connectivity index (χ2v) is 3.56. The van der Waals surface area contributed by atoms with Crippen molar-refractivity contribution in [3.8, 4) is 5.75 Å². The largest absolute Gasteiger partial charge is 0.435 e. The highest BCUT2D eigenvalue weighted by molar-refractivity contribution is 5.96. The third kappa shape index (κ3) is 2.78. The maximum Gasteiger partial charge on any atom is 0.387 e. The van der Waals surface area contributed by atoms with Gasteiger partial charge in [-0.3, -0.25) is 4.79 Å². The minimum Gasteiger partial charge on any atom is -0.435 e. The van der Waals surface area contributed by atoms with Crippen LogP contribution in [0.4, 0.5) is 8.78 Å². The predicted octanol–water partition coefficient (Wildman–Crippen LogP) is 3.36. The first-order valence-electron chi connectivity index (χ1n) is 5.05. The maximum atomic E-state index is 12.1. The fourth-order valence-electron chi connectivity index (χ4n) is 1.57. The van der Waals surface area contributed by atoms with E-state index in [0.29, 0.717) is 17.5 Å². The minimum absolute atomic E-state index is 0.0662. The summed E-state index contributed by atoms with van der Waals surface area (Å²) in [6, 6.07) is 3.11. The lowest BCUT2D eigenvalue weighted by atomic mass is 9.99. The average molecular weight is 228 g/mol. The van der Waals surface area contributed by atoms with E-state index in [9.17, 15) is 13.6 Å². The summed E-state index contributed by atoms with van der Waals surface area (Å²) in [6.45, 7) is 2.13. The molecule has 0 atom stereocenters. The van der Waals surface area contributed by atoms with Gasteiger partial charge in [0.15, 0.2) is 5.78 Å². The molecule has 88 valence electrons. The molecule has 16 heavy (non-hydrogen) atoms. The Morgan fingerprint density at radius 1 is 1.44 bits per heavy atom. The molecule has 1 aromatic carbocycles. The van der Waals surface area contributed by atoms with Crippen LogP contribution in [0, 0.1) is 6.92 Å². The van der Waals surface area contributed by atoms with Crippen LogP contribution in [0.25, 0.3) is 0 Å². The van der Waals surface area contributed by atoms with Crippen LogP contribution in [0.15, 0.2) is 12.1 Å². The molecule has 0 unspecified atom stereocenters. The smallest absolute Gasteiger partial charge is 0.387 e. The summed E-state index contributed by atoms with van der Waals surface area (Å²) in [7, 11) is 0. The lowest BCUT2D eigenvalue weighted by Crippen LogP contribution is -2.06. The molecule has 0 fully saturated rings. The van der Waals surface area contributed by atoms with Crippen LogP contribution in [0.5, 0.6) is 5.75 Å². The van der Waals surface area contributed by atoms with Gasteiger partial charge < -0.3 is 4.74 Å². The van der Waals surface area contributed by atoms with Gasteiger partial charge in [0, 0.05) is 5.56 Å². The van der Waals surface area contributed by atoms with Gasteiger partial charge in [0.1, 0.15) is 5.75 Å². The van der Waals surface area contributed by atoms with Crippen molar-refractivity contribution in [2.45, 2.75) is 33.8 Å². The number of Topliss-reactive ketones (excluding diaryl/α,β-unsaturated/α-hetero) is 1. The number of hydrogen-bond donors (Lipinski definition) is 0. The molecule has 0 heterocycles. The van der Waals surface area contributed by atoms with Crippen molar-refractivity contribution in [2.24, 2.45) is 0 Å². The summed E-state index contributed by atoms with van der Waals surface area (Å²) in [6.07, 6.45) is 0.606. The van der Waals surface area contributed by atoms with E-state index in [-0.39, 0.29) is 11.5 Å². The monoisotopic (exact) mass is 228 g/mol. The van der Waals surface area contributed by atoms with Crippen LogP contribution in [0.2, 0.25) is 0 Å². The predicted molar refractivity (Wildman–Crippen MR) is 57.2 cm³/mol. The van der Waals surface area contributed by atoms with Gasteiger partial charge in [-0.1, -0.05) is 6.92 Å². The number of halogens is 2. The van der Waals surface area contributed by atoms with Crippen molar-refractivity contribution >= 4 is 5.78 Å². The Kier molecular flexibility index (Phi) is 3.99. The Hall–Kier alpha value is -1.45. The van der Waals surface area contributed by atoms with E-state index in [0.717, 1.165) is 5.56 Å². The van der Waals surface area contributed by atoms with Gasteiger partial charge in [-0.05, 0) is 43.5 Å². The van der Waals surface area contributed by atoms with Gasteiger partial charge >= 0.3 is 6.61 Å². The Morgan fingerprint density at radius 2 is 2.06 bits per heavy atom. The Morgan fingerprint density at radius 3 is 2.50 bits per heavy atom. The molecule has 0 aliphatic carbocycles. The van der Waals surface area contributed by atoms with E-state index in [1.54, 1.807) is 13.0 Å². The van der Waals surface area contributed by atoms with Gasteiger partial charge in [-0.15, -0.1) is 0 Å². The first kappa shape index (κ1) is 12.6. The van der Waals surface area contributed by atoms with Gasteiger partial charge in [0.2, 0.25) is 0 Å². The van der Waals surface area contributed by atoms with E-state index < -0.39 is 6.61 Å². The number of carbonyl (C=O) groups is 1. The van der Waals surface area contributed by atoms with Crippen LogP contribution in [0.3, 0.4) is 0 Å². The molecular formula is C12H14F2O2. The summed E-state index contributed by atoms with van der Waals surface area (Å²) in [4.78, 5) is 11.3. The topological polar surface area (TPSA) is 26.3 Å². The number of carbonyl (C=O) groups excluding carboxylic acids is 1. The van der Waals surface area contributed by atoms with Crippen molar-refractivity contribution in [1.29, 1.82) is 0 Å². The molecule has 0 saturated carbocycles. The Bertz CT molecular complexity index is 400. The number of ketones is 1. The molecule has 0 aliphatic rings. The van der Waals surface area contributed by atoms with Crippen molar-refractivity contribution in [2.75, 3.05) is 0 Å². The van der Waals surface area contributed by atoms with Crippen LogP contribution in [-0.2, 0) is 6.42 Å². The van der Waals surface area contributed by atoms with Crippen LogP contribution in [-0.4, -0.2) is 12.4 Å². The number of benzene rings is 1. The van der Waals surface area contributed by atoms with E-state index >= 15 is 0 Å². The number of alkyl halides is 2. The van der Waals surface area contributed by atoms with Gasteiger partial charge in [0.25, 0.3) is 0 Å². The van der Waals surface area contributed by atoms with Gasteiger partial charge in [-0.25, -0.2) is 0 Å². The standard InChI is InChI=1S/C12H14F2O2/c1-4-9-6-11(16-12(13)14)7(2)5-10(9)8(3)15/h5-6,12H,4H2,1-3H3. The molecule has 4 heteroatoms. The normalized spacial score (nSPS) is 10.6. The third-order valence-electron chi connectivity index (χ3n) is 2.38. The van der Waals surface area contributed by atoms with E-state index in [2.05, 4.69) is 4.74 Å². The SMILES string of the molecule is CCc1cc(OC(F)F)c(C)cc1C(C)=O. The highest BCUT2D eigenvalue weighted by atomic mass is 19.3. The maximum absolute atomic E-state index is 12.1. The van der Waals surface area contributed by atoms with Crippen molar-refractivity contribution < 1.29 is 18.3 Å². The number of hydrogen-bond acceptors (Lipinski definition) is 2. The summed E-state index contributed by atoms with van der Waals surface area (Å²) in [5, 5.41) is 0.